The SMILES string of the molecule is C=C/C(NCC(=O)/C(=C/C)[C@@H](C)CC)=C(\C=C/C)/C=c1/ccccc1=C. The van der Waals surface area contributed by atoms with Crippen LogP contribution in [0.3, 0.4) is 0 Å². The fourth-order valence-corrected chi connectivity index (χ4v) is 2.75. The highest BCUT2D eigenvalue weighted by Crippen LogP contribution is 2.15. The molecular formula is C24H31NO. The average Bonchev–Trinajstić information content (AvgIpc) is 2.64. The number of rotatable bonds is 9. The highest BCUT2D eigenvalue weighted by molar-refractivity contribution is 5.97. The van der Waals surface area contributed by atoms with Crippen molar-refractivity contribution in [1.82, 2.24) is 5.32 Å². The van der Waals surface area contributed by atoms with E-state index >= 15 is 0 Å². The monoisotopic (exact) mass is 349 g/mol. The molecular weight excluding hydrogens is 318 g/mol. The number of carbonyl (C=O) groups excluding carboxylic acids is 1. The van der Waals surface area contributed by atoms with E-state index in [-0.39, 0.29) is 18.2 Å². The van der Waals surface area contributed by atoms with E-state index in [1.807, 2.05) is 56.3 Å². The van der Waals surface area contributed by atoms with Crippen molar-refractivity contribution in [2.45, 2.75) is 34.1 Å². The van der Waals surface area contributed by atoms with Crippen LogP contribution in [-0.2, 0) is 4.79 Å². The van der Waals surface area contributed by atoms with E-state index in [0.29, 0.717) is 0 Å². The molecule has 0 aromatic heterocycles. The lowest BCUT2D eigenvalue weighted by Gasteiger charge is -2.15. The minimum absolute atomic E-state index is 0.124. The summed E-state index contributed by atoms with van der Waals surface area (Å²) < 4.78 is 0. The molecule has 0 spiro atoms. The molecule has 2 heteroatoms. The number of hydrogen-bond acceptors (Lipinski definition) is 2. The highest BCUT2D eigenvalue weighted by Gasteiger charge is 2.14. The molecule has 26 heavy (non-hydrogen) atoms. The maximum Gasteiger partial charge on any atom is 0.177 e. The first-order chi connectivity index (χ1) is 12.5. The fourth-order valence-electron chi connectivity index (χ4n) is 2.75. The molecule has 2 nitrogen and oxygen atoms in total. The zero-order valence-electron chi connectivity index (χ0n) is 16.5. The molecule has 0 saturated heterocycles. The Morgan fingerprint density at radius 1 is 1.27 bits per heavy atom. The smallest absolute Gasteiger partial charge is 0.177 e. The van der Waals surface area contributed by atoms with E-state index in [1.165, 1.54) is 0 Å². The number of benzene rings is 1. The van der Waals surface area contributed by atoms with Crippen LogP contribution in [0.15, 0.2) is 72.0 Å². The van der Waals surface area contributed by atoms with Gasteiger partial charge in [0.15, 0.2) is 5.78 Å². The predicted molar refractivity (Wildman–Crippen MR) is 114 cm³/mol. The van der Waals surface area contributed by atoms with Crippen LogP contribution in [0.1, 0.15) is 34.1 Å². The molecule has 0 amide bonds. The number of ketones is 1. The number of allylic oxidation sites excluding steroid dienone is 5. The Hall–Kier alpha value is -2.61. The lowest BCUT2D eigenvalue weighted by molar-refractivity contribution is -0.115. The minimum Gasteiger partial charge on any atom is -0.377 e. The summed E-state index contributed by atoms with van der Waals surface area (Å²) in [6.45, 7) is 16.3. The second-order valence-electron chi connectivity index (χ2n) is 6.25. The molecule has 1 aromatic rings. The van der Waals surface area contributed by atoms with Crippen LogP contribution in [0, 0.1) is 5.92 Å². The molecule has 1 aromatic carbocycles. The molecule has 0 aliphatic heterocycles. The highest BCUT2D eigenvalue weighted by atomic mass is 16.1. The normalized spacial score (nSPS) is 14.9. The molecule has 0 saturated carbocycles. The van der Waals surface area contributed by atoms with Gasteiger partial charge in [-0.25, -0.2) is 0 Å². The second-order valence-corrected chi connectivity index (χ2v) is 6.25. The van der Waals surface area contributed by atoms with Crippen LogP contribution in [0.2, 0.25) is 0 Å². The number of hydrogen-bond donors (Lipinski definition) is 1. The van der Waals surface area contributed by atoms with E-state index in [4.69, 9.17) is 0 Å². The van der Waals surface area contributed by atoms with Crippen molar-refractivity contribution in [3.05, 3.63) is 82.4 Å². The van der Waals surface area contributed by atoms with E-state index < -0.39 is 0 Å². The number of nitrogens with one attached hydrogen (secondary N) is 1. The quantitative estimate of drug-likeness (QED) is 0.538. The van der Waals surface area contributed by atoms with Gasteiger partial charge >= 0.3 is 0 Å². The molecule has 1 N–H and O–H groups in total. The summed E-state index contributed by atoms with van der Waals surface area (Å²) in [5, 5.41) is 5.26. The van der Waals surface area contributed by atoms with E-state index in [0.717, 1.165) is 33.7 Å². The molecule has 0 aliphatic rings. The van der Waals surface area contributed by atoms with Crippen LogP contribution in [0.4, 0.5) is 0 Å². The van der Waals surface area contributed by atoms with Gasteiger partial charge in [-0.15, -0.1) is 0 Å². The summed E-state index contributed by atoms with van der Waals surface area (Å²) >= 11 is 0. The van der Waals surface area contributed by atoms with Gasteiger partial charge in [0.2, 0.25) is 0 Å². The molecule has 0 heterocycles. The van der Waals surface area contributed by atoms with Crippen LogP contribution >= 0.6 is 0 Å². The first-order valence-electron chi connectivity index (χ1n) is 9.16. The Morgan fingerprint density at radius 2 is 1.96 bits per heavy atom. The Balaban J connectivity index is 3.17. The molecule has 0 radical (unpaired) electrons. The third kappa shape index (κ3) is 6.03. The van der Waals surface area contributed by atoms with E-state index in [9.17, 15) is 4.79 Å². The van der Waals surface area contributed by atoms with E-state index in [2.05, 4.69) is 38.4 Å². The molecule has 138 valence electrons. The summed E-state index contributed by atoms with van der Waals surface area (Å²) in [6, 6.07) is 7.97. The van der Waals surface area contributed by atoms with Crippen molar-refractivity contribution in [2.24, 2.45) is 5.92 Å². The Morgan fingerprint density at radius 3 is 2.50 bits per heavy atom. The number of carbonyl (C=O) groups is 1. The van der Waals surface area contributed by atoms with Gasteiger partial charge in [0, 0.05) is 5.70 Å². The van der Waals surface area contributed by atoms with Gasteiger partial charge in [-0.05, 0) is 59.9 Å². The zero-order valence-corrected chi connectivity index (χ0v) is 16.5. The Kier molecular flexibility index (Phi) is 9.14. The summed E-state index contributed by atoms with van der Waals surface area (Å²) in [6.07, 6.45) is 10.7. The lowest BCUT2D eigenvalue weighted by atomic mass is 9.94. The third-order valence-corrected chi connectivity index (χ3v) is 4.44. The molecule has 0 aliphatic carbocycles. The van der Waals surface area contributed by atoms with Gasteiger partial charge < -0.3 is 5.32 Å². The van der Waals surface area contributed by atoms with Gasteiger partial charge in [-0.3, -0.25) is 4.79 Å². The molecule has 1 rings (SSSR count). The van der Waals surface area contributed by atoms with Gasteiger partial charge in [0.1, 0.15) is 0 Å². The maximum atomic E-state index is 12.6. The summed E-state index contributed by atoms with van der Waals surface area (Å²) in [5.74, 6) is 0.392. The maximum absolute atomic E-state index is 12.6. The summed E-state index contributed by atoms with van der Waals surface area (Å²) in [4.78, 5) is 12.6. The van der Waals surface area contributed by atoms with Crippen molar-refractivity contribution in [2.75, 3.05) is 6.54 Å². The van der Waals surface area contributed by atoms with Crippen molar-refractivity contribution >= 4 is 18.4 Å². The second kappa shape index (κ2) is 11.1. The van der Waals surface area contributed by atoms with Gasteiger partial charge in [0.05, 0.1) is 6.54 Å². The van der Waals surface area contributed by atoms with Gasteiger partial charge in [0.25, 0.3) is 0 Å². The van der Waals surface area contributed by atoms with Crippen molar-refractivity contribution < 1.29 is 4.79 Å². The zero-order chi connectivity index (χ0) is 19.5. The van der Waals surface area contributed by atoms with Gasteiger partial charge in [-0.2, -0.15) is 0 Å². The van der Waals surface area contributed by atoms with Crippen LogP contribution < -0.4 is 15.8 Å². The minimum atomic E-state index is 0.124. The van der Waals surface area contributed by atoms with Crippen LogP contribution in [0.25, 0.3) is 12.7 Å². The Bertz CT molecular complexity index is 824. The largest absolute Gasteiger partial charge is 0.377 e. The average molecular weight is 350 g/mol. The fraction of sp³-hybridized carbons (Fsp3) is 0.292. The van der Waals surface area contributed by atoms with Crippen molar-refractivity contribution in [3.8, 4) is 0 Å². The van der Waals surface area contributed by atoms with Crippen LogP contribution in [0.5, 0.6) is 0 Å². The first kappa shape index (κ1) is 21.4. The lowest BCUT2D eigenvalue weighted by Crippen LogP contribution is -2.26. The van der Waals surface area contributed by atoms with Crippen molar-refractivity contribution in [3.63, 3.8) is 0 Å². The number of Topliss-reactive ketones (excluding diaryl/α,β-unsaturated/α-hetero) is 1. The molecule has 0 fully saturated rings. The molecule has 0 bridgehead atoms. The standard InChI is InChI=1S/C24H31NO/c1-7-13-21(16-20-15-12-11-14-19(20)6)23(10-4)25-17-24(26)22(9-3)18(5)8-2/h7,9-16,18,25H,4,6,8,17H2,1-3,5H3/b13-7-,20-16-,22-9+,23-21-/t18-/m0/s1. The van der Waals surface area contributed by atoms with Crippen LogP contribution in [-0.4, -0.2) is 12.3 Å². The molecule has 1 atom stereocenters. The van der Waals surface area contributed by atoms with Crippen molar-refractivity contribution in [1.29, 1.82) is 0 Å². The summed E-state index contributed by atoms with van der Waals surface area (Å²) in [5.41, 5.74) is 2.68. The Labute approximate surface area is 158 Å². The third-order valence-electron chi connectivity index (χ3n) is 4.44. The van der Waals surface area contributed by atoms with Gasteiger partial charge in [-0.1, -0.05) is 69.5 Å². The first-order valence-corrected chi connectivity index (χ1v) is 9.16. The topological polar surface area (TPSA) is 29.1 Å². The summed E-state index contributed by atoms with van der Waals surface area (Å²) in [7, 11) is 0. The molecule has 0 unspecified atom stereocenters. The predicted octanol–water partition coefficient (Wildman–Crippen LogP) is 4.04. The van der Waals surface area contributed by atoms with E-state index in [1.54, 1.807) is 6.08 Å².